The molecule has 1 heterocycles. The molecule has 96 valence electrons. The number of ether oxygens (including phenoxy) is 1. The SMILES string of the molecule is C=C/C=C/N1CC(CN(N)/C=C(\N)C#N)OC1=O. The van der Waals surface area contributed by atoms with Crippen molar-refractivity contribution in [3.8, 4) is 6.07 Å². The Labute approximate surface area is 105 Å². The van der Waals surface area contributed by atoms with Crippen LogP contribution in [0.25, 0.3) is 0 Å². The Morgan fingerprint density at radius 1 is 1.78 bits per heavy atom. The van der Waals surface area contributed by atoms with E-state index < -0.39 is 6.09 Å². The van der Waals surface area contributed by atoms with E-state index in [4.69, 9.17) is 21.6 Å². The van der Waals surface area contributed by atoms with E-state index in [0.717, 1.165) is 0 Å². The predicted molar refractivity (Wildman–Crippen MR) is 65.1 cm³/mol. The van der Waals surface area contributed by atoms with Gasteiger partial charge in [0.2, 0.25) is 0 Å². The van der Waals surface area contributed by atoms with Crippen molar-refractivity contribution in [3.05, 3.63) is 36.8 Å². The van der Waals surface area contributed by atoms with Crippen molar-refractivity contribution >= 4 is 6.09 Å². The minimum atomic E-state index is -0.441. The molecule has 0 radical (unpaired) electrons. The van der Waals surface area contributed by atoms with Crippen molar-refractivity contribution in [2.24, 2.45) is 11.6 Å². The van der Waals surface area contributed by atoms with Gasteiger partial charge in [-0.3, -0.25) is 4.90 Å². The van der Waals surface area contributed by atoms with Crippen LogP contribution in [0.1, 0.15) is 0 Å². The van der Waals surface area contributed by atoms with Gasteiger partial charge in [0, 0.05) is 12.4 Å². The Balaban J connectivity index is 2.52. The zero-order valence-corrected chi connectivity index (χ0v) is 9.82. The molecule has 0 aromatic carbocycles. The number of carbonyl (C=O) groups excluding carboxylic acids is 1. The number of hydrogen-bond donors (Lipinski definition) is 2. The number of nitrogens with zero attached hydrogens (tertiary/aromatic N) is 3. The minimum absolute atomic E-state index is 0.00904. The Hall–Kier alpha value is -2.46. The number of amides is 1. The summed E-state index contributed by atoms with van der Waals surface area (Å²) in [6.45, 7) is 4.15. The average molecular weight is 249 g/mol. The number of cyclic esters (lactones) is 1. The zero-order chi connectivity index (χ0) is 13.5. The summed E-state index contributed by atoms with van der Waals surface area (Å²) in [7, 11) is 0. The zero-order valence-electron chi connectivity index (χ0n) is 9.82. The molecular formula is C11H15N5O2. The fourth-order valence-corrected chi connectivity index (χ4v) is 1.42. The van der Waals surface area contributed by atoms with Crippen molar-refractivity contribution in [2.75, 3.05) is 13.1 Å². The van der Waals surface area contributed by atoms with Gasteiger partial charge in [-0.2, -0.15) is 5.26 Å². The maximum absolute atomic E-state index is 11.4. The minimum Gasteiger partial charge on any atom is -0.442 e. The van der Waals surface area contributed by atoms with E-state index in [1.165, 1.54) is 16.1 Å². The summed E-state index contributed by atoms with van der Waals surface area (Å²) in [5, 5.41) is 9.71. The molecule has 1 unspecified atom stereocenters. The lowest BCUT2D eigenvalue weighted by molar-refractivity contribution is 0.119. The first kappa shape index (κ1) is 13.6. The van der Waals surface area contributed by atoms with Crippen LogP contribution in [0.5, 0.6) is 0 Å². The second-order valence-electron chi connectivity index (χ2n) is 3.63. The van der Waals surface area contributed by atoms with Crippen molar-refractivity contribution < 1.29 is 9.53 Å². The van der Waals surface area contributed by atoms with E-state index in [0.29, 0.717) is 6.54 Å². The van der Waals surface area contributed by atoms with Crippen molar-refractivity contribution in [3.63, 3.8) is 0 Å². The number of hydrogen-bond acceptors (Lipinski definition) is 6. The van der Waals surface area contributed by atoms with Gasteiger partial charge in [0.1, 0.15) is 17.9 Å². The van der Waals surface area contributed by atoms with E-state index in [1.54, 1.807) is 24.4 Å². The van der Waals surface area contributed by atoms with E-state index >= 15 is 0 Å². The molecule has 0 aliphatic carbocycles. The predicted octanol–water partition coefficient (Wildman–Crippen LogP) is 0.00628. The number of rotatable bonds is 5. The van der Waals surface area contributed by atoms with Crippen LogP contribution in [0, 0.1) is 11.3 Å². The fourth-order valence-electron chi connectivity index (χ4n) is 1.42. The van der Waals surface area contributed by atoms with Crippen molar-refractivity contribution in [1.82, 2.24) is 9.91 Å². The molecule has 1 fully saturated rings. The maximum Gasteiger partial charge on any atom is 0.414 e. The lowest BCUT2D eigenvalue weighted by atomic mass is 10.3. The van der Waals surface area contributed by atoms with E-state index in [2.05, 4.69) is 6.58 Å². The third kappa shape index (κ3) is 3.84. The monoisotopic (exact) mass is 249 g/mol. The first-order chi connectivity index (χ1) is 8.56. The van der Waals surface area contributed by atoms with Crippen LogP contribution in [0.4, 0.5) is 4.79 Å². The van der Waals surface area contributed by atoms with Crippen LogP contribution >= 0.6 is 0 Å². The van der Waals surface area contributed by atoms with E-state index in [-0.39, 0.29) is 18.3 Å². The first-order valence-corrected chi connectivity index (χ1v) is 5.22. The van der Waals surface area contributed by atoms with Gasteiger partial charge in [-0.1, -0.05) is 12.7 Å². The van der Waals surface area contributed by atoms with Gasteiger partial charge in [-0.15, -0.1) is 0 Å². The quantitative estimate of drug-likeness (QED) is 0.307. The van der Waals surface area contributed by atoms with Gasteiger partial charge in [-0.25, -0.2) is 10.6 Å². The molecule has 7 nitrogen and oxygen atoms in total. The highest BCUT2D eigenvalue weighted by Crippen LogP contribution is 2.12. The largest absolute Gasteiger partial charge is 0.442 e. The molecule has 0 spiro atoms. The number of allylic oxidation sites excluding steroid dienone is 3. The molecule has 0 aromatic rings. The van der Waals surface area contributed by atoms with Crippen molar-refractivity contribution in [2.45, 2.75) is 6.10 Å². The molecule has 1 amide bonds. The molecule has 0 saturated carbocycles. The van der Waals surface area contributed by atoms with Gasteiger partial charge < -0.3 is 15.5 Å². The smallest absolute Gasteiger partial charge is 0.414 e. The summed E-state index contributed by atoms with van der Waals surface area (Å²) >= 11 is 0. The molecule has 1 aliphatic heterocycles. The van der Waals surface area contributed by atoms with Crippen LogP contribution in [-0.2, 0) is 4.74 Å². The van der Waals surface area contributed by atoms with Gasteiger partial charge >= 0.3 is 6.09 Å². The Bertz CT molecular complexity index is 424. The summed E-state index contributed by atoms with van der Waals surface area (Å²) in [5.41, 5.74) is 5.30. The lowest BCUT2D eigenvalue weighted by Gasteiger charge is -2.16. The molecule has 0 bridgehead atoms. The van der Waals surface area contributed by atoms with Crippen LogP contribution in [0.15, 0.2) is 36.8 Å². The summed E-state index contributed by atoms with van der Waals surface area (Å²) in [5.74, 6) is 5.60. The third-order valence-electron chi connectivity index (χ3n) is 2.15. The highest BCUT2D eigenvalue weighted by molar-refractivity contribution is 5.71. The second kappa shape index (κ2) is 6.32. The molecule has 1 rings (SSSR count). The summed E-state index contributed by atoms with van der Waals surface area (Å²) in [6.07, 6.45) is 5.25. The van der Waals surface area contributed by atoms with Gasteiger partial charge in [0.25, 0.3) is 0 Å². The van der Waals surface area contributed by atoms with Crippen LogP contribution in [0.3, 0.4) is 0 Å². The van der Waals surface area contributed by atoms with Crippen LogP contribution < -0.4 is 11.6 Å². The first-order valence-electron chi connectivity index (χ1n) is 5.22. The third-order valence-corrected chi connectivity index (χ3v) is 2.15. The topological polar surface area (TPSA) is 109 Å². The molecule has 1 aliphatic rings. The molecule has 18 heavy (non-hydrogen) atoms. The highest BCUT2D eigenvalue weighted by atomic mass is 16.6. The lowest BCUT2D eigenvalue weighted by Crippen LogP contribution is -2.36. The Morgan fingerprint density at radius 2 is 2.50 bits per heavy atom. The molecular weight excluding hydrogens is 234 g/mol. The van der Waals surface area contributed by atoms with Crippen molar-refractivity contribution in [1.29, 1.82) is 5.26 Å². The fraction of sp³-hybridized carbons (Fsp3) is 0.273. The molecule has 1 saturated heterocycles. The number of nitrogens with two attached hydrogens (primary N) is 2. The average Bonchev–Trinajstić information content (AvgIpc) is 2.66. The standard InChI is InChI=1S/C11H15N5O2/c1-2-3-4-15-7-10(18-11(15)17)8-16(14)6-9(13)5-12/h2-4,6,10H,1,7-8,13-14H2/b4-3+,9-6-. The highest BCUT2D eigenvalue weighted by Gasteiger charge is 2.30. The maximum atomic E-state index is 11.4. The Kier molecular flexibility index (Phi) is 4.78. The Morgan fingerprint density at radius 3 is 3.11 bits per heavy atom. The molecule has 4 N–H and O–H groups in total. The van der Waals surface area contributed by atoms with Gasteiger partial charge in [0.05, 0.1) is 13.1 Å². The van der Waals surface area contributed by atoms with Gasteiger partial charge in [-0.05, 0) is 6.08 Å². The van der Waals surface area contributed by atoms with Gasteiger partial charge in [0.15, 0.2) is 0 Å². The number of nitriles is 1. The van der Waals surface area contributed by atoms with E-state index in [9.17, 15) is 4.79 Å². The van der Waals surface area contributed by atoms with E-state index in [1.807, 2.05) is 0 Å². The van der Waals surface area contributed by atoms with Crippen LogP contribution in [-0.4, -0.2) is 35.2 Å². The normalized spacial score (nSPS) is 19.8. The summed E-state index contributed by atoms with van der Waals surface area (Å²) in [4.78, 5) is 12.8. The second-order valence-corrected chi connectivity index (χ2v) is 3.63. The molecule has 0 aromatic heterocycles. The summed E-state index contributed by atoms with van der Waals surface area (Å²) in [6, 6.07) is 1.74. The molecule has 1 atom stereocenters. The number of hydrazine groups is 1. The van der Waals surface area contributed by atoms with Crippen LogP contribution in [0.2, 0.25) is 0 Å². The number of carbonyl (C=O) groups is 1. The molecule has 7 heteroatoms. The summed E-state index contributed by atoms with van der Waals surface area (Å²) < 4.78 is 5.08.